The van der Waals surface area contributed by atoms with Crippen molar-refractivity contribution in [1.82, 2.24) is 15.1 Å². The van der Waals surface area contributed by atoms with Gasteiger partial charge in [-0.1, -0.05) is 6.92 Å². The molecule has 16 heavy (non-hydrogen) atoms. The van der Waals surface area contributed by atoms with E-state index >= 15 is 0 Å². The number of rotatable bonds is 6. The molecule has 0 radical (unpaired) electrons. The monoisotopic (exact) mass is 224 g/mol. The van der Waals surface area contributed by atoms with E-state index in [4.69, 9.17) is 5.73 Å². The zero-order valence-electron chi connectivity index (χ0n) is 9.94. The van der Waals surface area contributed by atoms with Gasteiger partial charge >= 0.3 is 0 Å². The molecular formula is C11H20N4O. The molecular weight excluding hydrogens is 204 g/mol. The third-order valence-corrected chi connectivity index (χ3v) is 2.43. The van der Waals surface area contributed by atoms with Crippen LogP contribution in [0.3, 0.4) is 0 Å². The molecule has 90 valence electrons. The highest BCUT2D eigenvalue weighted by atomic mass is 16.1. The standard InChI is InChI=1S/C11H20N4O/c1-9(6-12)5-11(16)13-4-3-10-7-14-15(2)8-10/h7-9H,3-6,12H2,1-2H3,(H,13,16). The Balaban J connectivity index is 2.18. The third kappa shape index (κ3) is 4.44. The summed E-state index contributed by atoms with van der Waals surface area (Å²) in [5.41, 5.74) is 6.59. The minimum absolute atomic E-state index is 0.0711. The molecule has 1 atom stereocenters. The predicted molar refractivity (Wildman–Crippen MR) is 62.8 cm³/mol. The van der Waals surface area contributed by atoms with Crippen molar-refractivity contribution in [3.8, 4) is 0 Å². The van der Waals surface area contributed by atoms with Crippen LogP contribution in [0.2, 0.25) is 0 Å². The Hall–Kier alpha value is -1.36. The number of amides is 1. The van der Waals surface area contributed by atoms with Gasteiger partial charge in [0, 0.05) is 26.2 Å². The molecule has 0 aromatic carbocycles. The van der Waals surface area contributed by atoms with Crippen LogP contribution >= 0.6 is 0 Å². The molecule has 0 aliphatic carbocycles. The number of nitrogens with two attached hydrogens (primary N) is 1. The Labute approximate surface area is 96.0 Å². The van der Waals surface area contributed by atoms with E-state index in [1.165, 1.54) is 0 Å². The highest BCUT2D eigenvalue weighted by molar-refractivity contribution is 5.76. The summed E-state index contributed by atoms with van der Waals surface area (Å²) in [6.07, 6.45) is 5.09. The molecule has 1 unspecified atom stereocenters. The molecule has 1 aromatic heterocycles. The predicted octanol–water partition coefficient (Wildman–Crippen LogP) is 0.0637. The molecule has 0 fully saturated rings. The van der Waals surface area contributed by atoms with Gasteiger partial charge in [0.2, 0.25) is 5.91 Å². The van der Waals surface area contributed by atoms with E-state index in [9.17, 15) is 4.79 Å². The van der Waals surface area contributed by atoms with Crippen molar-refractivity contribution in [1.29, 1.82) is 0 Å². The smallest absolute Gasteiger partial charge is 0.220 e. The van der Waals surface area contributed by atoms with E-state index in [0.717, 1.165) is 12.0 Å². The fourth-order valence-corrected chi connectivity index (χ4v) is 1.42. The van der Waals surface area contributed by atoms with Crippen LogP contribution in [0.4, 0.5) is 0 Å². The van der Waals surface area contributed by atoms with Gasteiger partial charge in [0.1, 0.15) is 0 Å². The number of hydrogen-bond acceptors (Lipinski definition) is 3. The molecule has 1 amide bonds. The lowest BCUT2D eigenvalue weighted by Gasteiger charge is -2.08. The maximum atomic E-state index is 11.4. The van der Waals surface area contributed by atoms with Gasteiger partial charge < -0.3 is 11.1 Å². The van der Waals surface area contributed by atoms with Gasteiger partial charge in [0.05, 0.1) is 6.20 Å². The maximum absolute atomic E-state index is 11.4. The number of hydrogen-bond donors (Lipinski definition) is 2. The van der Waals surface area contributed by atoms with E-state index in [1.807, 2.05) is 26.4 Å². The van der Waals surface area contributed by atoms with Gasteiger partial charge in [0.25, 0.3) is 0 Å². The fourth-order valence-electron chi connectivity index (χ4n) is 1.42. The Morgan fingerprint density at radius 1 is 1.69 bits per heavy atom. The molecule has 0 aliphatic heterocycles. The topological polar surface area (TPSA) is 72.9 Å². The molecule has 5 nitrogen and oxygen atoms in total. The molecule has 0 bridgehead atoms. The maximum Gasteiger partial charge on any atom is 0.220 e. The summed E-state index contributed by atoms with van der Waals surface area (Å²) in [7, 11) is 1.88. The Morgan fingerprint density at radius 2 is 2.44 bits per heavy atom. The van der Waals surface area contributed by atoms with Crippen LogP contribution in [-0.2, 0) is 18.3 Å². The van der Waals surface area contributed by atoms with Crippen molar-refractivity contribution in [2.24, 2.45) is 18.7 Å². The second kappa shape index (κ2) is 6.27. The Morgan fingerprint density at radius 3 is 3.00 bits per heavy atom. The first-order valence-corrected chi connectivity index (χ1v) is 5.56. The molecule has 0 saturated heterocycles. The average molecular weight is 224 g/mol. The van der Waals surface area contributed by atoms with Gasteiger partial charge in [-0.05, 0) is 24.4 Å². The molecule has 1 heterocycles. The summed E-state index contributed by atoms with van der Waals surface area (Å²) in [4.78, 5) is 11.4. The van der Waals surface area contributed by atoms with Crippen LogP contribution in [-0.4, -0.2) is 28.8 Å². The highest BCUT2D eigenvalue weighted by Gasteiger charge is 2.06. The van der Waals surface area contributed by atoms with Gasteiger partial charge in [-0.15, -0.1) is 0 Å². The van der Waals surface area contributed by atoms with Crippen LogP contribution in [0.1, 0.15) is 18.9 Å². The summed E-state index contributed by atoms with van der Waals surface area (Å²) in [6.45, 7) is 3.18. The molecule has 3 N–H and O–H groups in total. The normalized spacial score (nSPS) is 12.4. The average Bonchev–Trinajstić information content (AvgIpc) is 2.64. The molecule has 5 heteroatoms. The van der Waals surface area contributed by atoms with E-state index in [0.29, 0.717) is 19.5 Å². The van der Waals surface area contributed by atoms with Crippen LogP contribution in [0.5, 0.6) is 0 Å². The number of carbonyl (C=O) groups is 1. The van der Waals surface area contributed by atoms with Crippen LogP contribution in [0, 0.1) is 5.92 Å². The first-order valence-electron chi connectivity index (χ1n) is 5.56. The van der Waals surface area contributed by atoms with Crippen molar-refractivity contribution < 1.29 is 4.79 Å². The van der Waals surface area contributed by atoms with Crippen LogP contribution in [0.15, 0.2) is 12.4 Å². The first-order chi connectivity index (χ1) is 7.61. The Bertz CT molecular complexity index is 334. The minimum atomic E-state index is 0.0711. The second-order valence-corrected chi connectivity index (χ2v) is 4.17. The largest absolute Gasteiger partial charge is 0.356 e. The minimum Gasteiger partial charge on any atom is -0.356 e. The third-order valence-electron chi connectivity index (χ3n) is 2.43. The summed E-state index contributed by atoms with van der Waals surface area (Å²) < 4.78 is 1.76. The SMILES string of the molecule is CC(CN)CC(=O)NCCc1cnn(C)c1. The lowest BCUT2D eigenvalue weighted by Crippen LogP contribution is -2.28. The van der Waals surface area contributed by atoms with E-state index in [-0.39, 0.29) is 11.8 Å². The van der Waals surface area contributed by atoms with Crippen molar-refractivity contribution in [3.05, 3.63) is 18.0 Å². The van der Waals surface area contributed by atoms with Gasteiger partial charge in [0.15, 0.2) is 0 Å². The zero-order valence-corrected chi connectivity index (χ0v) is 9.94. The molecule has 1 rings (SSSR count). The second-order valence-electron chi connectivity index (χ2n) is 4.17. The molecule has 1 aromatic rings. The Kier molecular flexibility index (Phi) is 4.98. The summed E-state index contributed by atoms with van der Waals surface area (Å²) >= 11 is 0. The quantitative estimate of drug-likeness (QED) is 0.718. The van der Waals surface area contributed by atoms with Crippen molar-refractivity contribution in [2.45, 2.75) is 19.8 Å². The van der Waals surface area contributed by atoms with E-state index in [1.54, 1.807) is 4.68 Å². The van der Waals surface area contributed by atoms with Gasteiger partial charge in [-0.25, -0.2) is 0 Å². The number of aromatic nitrogens is 2. The van der Waals surface area contributed by atoms with Crippen LogP contribution < -0.4 is 11.1 Å². The fraction of sp³-hybridized carbons (Fsp3) is 0.636. The highest BCUT2D eigenvalue weighted by Crippen LogP contribution is 1.99. The molecule has 0 spiro atoms. The number of carbonyl (C=O) groups excluding carboxylic acids is 1. The van der Waals surface area contributed by atoms with E-state index in [2.05, 4.69) is 10.4 Å². The number of aryl methyl sites for hydroxylation is 1. The number of nitrogens with zero attached hydrogens (tertiary/aromatic N) is 2. The number of nitrogens with one attached hydrogen (secondary N) is 1. The van der Waals surface area contributed by atoms with Crippen LogP contribution in [0.25, 0.3) is 0 Å². The lowest BCUT2D eigenvalue weighted by molar-refractivity contribution is -0.121. The summed E-state index contributed by atoms with van der Waals surface area (Å²) in [6, 6.07) is 0. The van der Waals surface area contributed by atoms with Gasteiger partial charge in [-0.2, -0.15) is 5.10 Å². The summed E-state index contributed by atoms with van der Waals surface area (Å²) in [5.74, 6) is 0.320. The zero-order chi connectivity index (χ0) is 12.0. The van der Waals surface area contributed by atoms with E-state index < -0.39 is 0 Å². The van der Waals surface area contributed by atoms with Gasteiger partial charge in [-0.3, -0.25) is 9.48 Å². The lowest BCUT2D eigenvalue weighted by atomic mass is 10.1. The van der Waals surface area contributed by atoms with Crippen molar-refractivity contribution in [2.75, 3.05) is 13.1 Å². The molecule has 0 saturated carbocycles. The first kappa shape index (κ1) is 12.7. The molecule has 0 aliphatic rings. The summed E-state index contributed by atoms with van der Waals surface area (Å²) in [5, 5.41) is 6.94. The van der Waals surface area contributed by atoms with Crippen molar-refractivity contribution >= 4 is 5.91 Å². The van der Waals surface area contributed by atoms with Crippen molar-refractivity contribution in [3.63, 3.8) is 0 Å².